The van der Waals surface area contributed by atoms with Gasteiger partial charge in [-0.25, -0.2) is 0 Å². The fourth-order valence-corrected chi connectivity index (χ4v) is 2.08. The van der Waals surface area contributed by atoms with E-state index in [0.717, 1.165) is 0 Å². The third-order valence-electron chi connectivity index (χ3n) is 3.09. The second-order valence-corrected chi connectivity index (χ2v) is 5.02. The molecule has 0 aromatic heterocycles. The van der Waals surface area contributed by atoms with Crippen molar-refractivity contribution in [2.45, 2.75) is 0 Å². The number of hydrogen-bond donors (Lipinski definition) is 4. The van der Waals surface area contributed by atoms with Crippen LogP contribution in [-0.2, 0) is 0 Å². The second-order valence-electron chi connectivity index (χ2n) is 5.02. The molecule has 0 radical (unpaired) electrons. The van der Waals surface area contributed by atoms with Crippen LogP contribution < -0.4 is 9.47 Å². The summed E-state index contributed by atoms with van der Waals surface area (Å²) in [6.07, 6.45) is 0. The predicted octanol–water partition coefficient (Wildman–Crippen LogP) is 4.09. The van der Waals surface area contributed by atoms with Crippen molar-refractivity contribution in [3.63, 3.8) is 0 Å². The Morgan fingerprint density at radius 2 is 1.21 bits per heavy atom. The van der Waals surface area contributed by atoms with Crippen molar-refractivity contribution in [1.29, 1.82) is 0 Å². The minimum atomic E-state index is -0.185. The summed E-state index contributed by atoms with van der Waals surface area (Å²) >= 11 is 0. The molecule has 0 spiro atoms. The van der Waals surface area contributed by atoms with Gasteiger partial charge in [0.2, 0.25) is 0 Å². The number of phenols is 4. The van der Waals surface area contributed by atoms with Crippen LogP contribution in [0.2, 0.25) is 0 Å². The van der Waals surface area contributed by atoms with E-state index in [1.54, 1.807) is 18.2 Å². The second kappa shape index (κ2) is 6.29. The number of aromatic hydroxyl groups is 4. The third kappa shape index (κ3) is 3.61. The summed E-state index contributed by atoms with van der Waals surface area (Å²) in [5.41, 5.74) is 0. The van der Waals surface area contributed by atoms with Gasteiger partial charge in [-0.3, -0.25) is 0 Å². The summed E-state index contributed by atoms with van der Waals surface area (Å²) < 4.78 is 11.0. The number of hydrogen-bond acceptors (Lipinski definition) is 6. The molecule has 3 aromatic carbocycles. The number of ether oxygens (including phenoxy) is 2. The van der Waals surface area contributed by atoms with Crippen molar-refractivity contribution in [1.82, 2.24) is 0 Å². The average Bonchev–Trinajstić information content (AvgIpc) is 2.49. The molecule has 0 aliphatic rings. The molecule has 0 unspecified atom stereocenters. The molecule has 0 saturated carbocycles. The molecular formula is C18H14O6. The molecule has 3 aromatic rings. The maximum Gasteiger partial charge on any atom is 0.169 e. The first-order valence-electron chi connectivity index (χ1n) is 7.00. The molecule has 0 aliphatic carbocycles. The van der Waals surface area contributed by atoms with Crippen LogP contribution in [0.5, 0.6) is 46.0 Å². The van der Waals surface area contributed by atoms with E-state index in [4.69, 9.17) is 9.47 Å². The highest BCUT2D eigenvalue weighted by Gasteiger charge is 2.09. The van der Waals surface area contributed by atoms with E-state index in [1.165, 1.54) is 42.5 Å². The van der Waals surface area contributed by atoms with Gasteiger partial charge in [0.15, 0.2) is 11.5 Å². The van der Waals surface area contributed by atoms with Gasteiger partial charge in [-0.1, -0.05) is 6.07 Å². The number of benzene rings is 3. The van der Waals surface area contributed by atoms with Gasteiger partial charge in [-0.15, -0.1) is 0 Å². The van der Waals surface area contributed by atoms with Crippen LogP contribution in [0.1, 0.15) is 0 Å². The molecule has 0 saturated heterocycles. The Kier molecular flexibility index (Phi) is 4.03. The monoisotopic (exact) mass is 326 g/mol. The molecular weight excluding hydrogens is 312 g/mol. The van der Waals surface area contributed by atoms with Gasteiger partial charge >= 0.3 is 0 Å². The van der Waals surface area contributed by atoms with Crippen LogP contribution in [0.25, 0.3) is 0 Å². The molecule has 0 atom stereocenters. The van der Waals surface area contributed by atoms with Crippen molar-refractivity contribution in [2.24, 2.45) is 0 Å². The van der Waals surface area contributed by atoms with E-state index in [9.17, 15) is 20.4 Å². The van der Waals surface area contributed by atoms with E-state index in [0.29, 0.717) is 11.5 Å². The zero-order valence-corrected chi connectivity index (χ0v) is 12.4. The van der Waals surface area contributed by atoms with Crippen LogP contribution in [0, 0.1) is 0 Å². The standard InChI is InChI=1S/C18H14O6/c19-11-2-1-3-14(7-11)23-15-4-5-18(17(22)10-15)24-16-8-12(20)6-13(21)9-16/h1-10,19-22H. The minimum absolute atomic E-state index is 0.0698. The maximum absolute atomic E-state index is 10.0. The lowest BCUT2D eigenvalue weighted by molar-refractivity contribution is 0.396. The third-order valence-corrected chi connectivity index (χ3v) is 3.09. The first-order valence-corrected chi connectivity index (χ1v) is 7.00. The number of rotatable bonds is 4. The zero-order chi connectivity index (χ0) is 17.1. The highest BCUT2D eigenvalue weighted by atomic mass is 16.5. The van der Waals surface area contributed by atoms with Crippen LogP contribution in [0.15, 0.2) is 60.7 Å². The Labute approximate surface area is 137 Å². The SMILES string of the molecule is Oc1cccc(Oc2ccc(Oc3cc(O)cc(O)c3)c(O)c2)c1. The fraction of sp³-hybridized carbons (Fsp3) is 0. The zero-order valence-electron chi connectivity index (χ0n) is 12.4. The predicted molar refractivity (Wildman–Crippen MR) is 86.1 cm³/mol. The Morgan fingerprint density at radius 3 is 1.88 bits per heavy atom. The van der Waals surface area contributed by atoms with E-state index >= 15 is 0 Å². The quantitative estimate of drug-likeness (QED) is 0.576. The molecule has 0 heterocycles. The Balaban J connectivity index is 1.79. The van der Waals surface area contributed by atoms with Gasteiger partial charge in [-0.05, 0) is 24.3 Å². The van der Waals surface area contributed by atoms with Crippen molar-refractivity contribution >= 4 is 0 Å². The summed E-state index contributed by atoms with van der Waals surface area (Å²) in [6.45, 7) is 0. The lowest BCUT2D eigenvalue weighted by atomic mass is 10.2. The van der Waals surface area contributed by atoms with Crippen LogP contribution in [0.3, 0.4) is 0 Å². The Hall–Kier alpha value is -3.54. The largest absolute Gasteiger partial charge is 0.508 e. The summed E-state index contributed by atoms with van der Waals surface area (Å²) in [5.74, 6) is 0.635. The van der Waals surface area contributed by atoms with Gasteiger partial charge in [-0.2, -0.15) is 0 Å². The molecule has 6 nitrogen and oxygen atoms in total. The van der Waals surface area contributed by atoms with E-state index in [1.807, 2.05) is 0 Å². The maximum atomic E-state index is 10.0. The van der Waals surface area contributed by atoms with Crippen molar-refractivity contribution in [3.8, 4) is 46.0 Å². The number of phenolic OH excluding ortho intramolecular Hbond substituents is 4. The highest BCUT2D eigenvalue weighted by molar-refractivity contribution is 5.49. The molecule has 6 heteroatoms. The van der Waals surface area contributed by atoms with E-state index in [2.05, 4.69) is 0 Å². The summed E-state index contributed by atoms with van der Waals surface area (Å²) in [4.78, 5) is 0. The highest BCUT2D eigenvalue weighted by Crippen LogP contribution is 2.37. The topological polar surface area (TPSA) is 99.4 Å². The van der Waals surface area contributed by atoms with Gasteiger partial charge in [0.1, 0.15) is 34.5 Å². The van der Waals surface area contributed by atoms with E-state index < -0.39 is 0 Å². The van der Waals surface area contributed by atoms with Gasteiger partial charge < -0.3 is 29.9 Å². The van der Waals surface area contributed by atoms with Crippen molar-refractivity contribution in [3.05, 3.63) is 60.7 Å². The van der Waals surface area contributed by atoms with Crippen molar-refractivity contribution in [2.75, 3.05) is 0 Å². The van der Waals surface area contributed by atoms with E-state index in [-0.39, 0.29) is 34.5 Å². The molecule has 0 aliphatic heterocycles. The summed E-state index contributed by atoms with van der Waals surface area (Å²) in [5, 5.41) is 38.3. The lowest BCUT2D eigenvalue weighted by Gasteiger charge is -2.11. The fourth-order valence-electron chi connectivity index (χ4n) is 2.08. The van der Waals surface area contributed by atoms with Crippen LogP contribution in [-0.4, -0.2) is 20.4 Å². The van der Waals surface area contributed by atoms with Crippen LogP contribution in [0.4, 0.5) is 0 Å². The Bertz CT molecular complexity index is 855. The summed E-state index contributed by atoms with van der Waals surface area (Å²) in [6, 6.07) is 14.4. The smallest absolute Gasteiger partial charge is 0.169 e. The normalized spacial score (nSPS) is 10.3. The molecule has 122 valence electrons. The summed E-state index contributed by atoms with van der Waals surface area (Å²) in [7, 11) is 0. The molecule has 3 rings (SSSR count). The van der Waals surface area contributed by atoms with Crippen molar-refractivity contribution < 1.29 is 29.9 Å². The van der Waals surface area contributed by atoms with Crippen LogP contribution >= 0.6 is 0 Å². The molecule has 4 N–H and O–H groups in total. The van der Waals surface area contributed by atoms with Gasteiger partial charge in [0, 0.05) is 30.3 Å². The van der Waals surface area contributed by atoms with Gasteiger partial charge in [0.25, 0.3) is 0 Å². The molecule has 0 amide bonds. The minimum Gasteiger partial charge on any atom is -0.508 e. The Morgan fingerprint density at radius 1 is 0.542 bits per heavy atom. The molecule has 0 bridgehead atoms. The van der Waals surface area contributed by atoms with Gasteiger partial charge in [0.05, 0.1) is 0 Å². The first-order chi connectivity index (χ1) is 11.5. The first kappa shape index (κ1) is 15.4. The lowest BCUT2D eigenvalue weighted by Crippen LogP contribution is -1.87. The molecule has 24 heavy (non-hydrogen) atoms. The average molecular weight is 326 g/mol. The molecule has 0 fully saturated rings.